The van der Waals surface area contributed by atoms with E-state index in [9.17, 15) is 9.59 Å². The molecule has 5 heteroatoms. The van der Waals surface area contributed by atoms with Crippen LogP contribution in [0.1, 0.15) is 265 Å². The van der Waals surface area contributed by atoms with Crippen molar-refractivity contribution in [2.45, 2.75) is 271 Å². The van der Waals surface area contributed by atoms with E-state index in [2.05, 4.69) is 93.7 Å². The van der Waals surface area contributed by atoms with Crippen molar-refractivity contribution >= 4 is 11.9 Å². The Morgan fingerprint density at radius 2 is 0.703 bits per heavy atom. The van der Waals surface area contributed by atoms with E-state index in [0.29, 0.717) is 19.4 Å². The molecule has 0 amide bonds. The molecule has 0 saturated heterocycles. The summed E-state index contributed by atoms with van der Waals surface area (Å²) in [6.45, 7) is 7.61. The Labute approximate surface area is 397 Å². The molecule has 0 radical (unpaired) electrons. The van der Waals surface area contributed by atoms with Gasteiger partial charge in [0.15, 0.2) is 6.10 Å². The minimum atomic E-state index is -0.550. The zero-order valence-corrected chi connectivity index (χ0v) is 42.5. The number of carbonyl (C=O) groups excluding carboxylic acids is 2. The van der Waals surface area contributed by atoms with Gasteiger partial charge in [-0.15, -0.1) is 0 Å². The summed E-state index contributed by atoms with van der Waals surface area (Å²) in [6.07, 6.45) is 70.6. The van der Waals surface area contributed by atoms with Crippen molar-refractivity contribution in [2.75, 3.05) is 19.8 Å². The van der Waals surface area contributed by atoms with Crippen LogP contribution in [0.4, 0.5) is 0 Å². The molecule has 0 N–H and O–H groups in total. The smallest absolute Gasteiger partial charge is 0.306 e. The summed E-state index contributed by atoms with van der Waals surface area (Å²) in [4.78, 5) is 25.5. The van der Waals surface area contributed by atoms with Crippen LogP contribution in [0, 0.1) is 0 Å². The molecule has 0 aromatic rings. The largest absolute Gasteiger partial charge is 0.462 e. The molecule has 0 heterocycles. The third-order valence-corrected chi connectivity index (χ3v) is 11.7. The maximum absolute atomic E-state index is 12.8. The minimum absolute atomic E-state index is 0.0732. The summed E-state index contributed by atoms with van der Waals surface area (Å²) in [5.74, 6) is -0.420. The average Bonchev–Trinajstić information content (AvgIpc) is 3.30. The lowest BCUT2D eigenvalue weighted by molar-refractivity contribution is -0.163. The average molecular weight is 893 g/mol. The molecule has 0 aromatic heterocycles. The molecule has 0 aromatic carbocycles. The van der Waals surface area contributed by atoms with Crippen LogP contribution in [0.15, 0.2) is 72.9 Å². The number of unbranched alkanes of at least 4 members (excludes halogenated alkanes) is 27. The van der Waals surface area contributed by atoms with Gasteiger partial charge in [-0.25, -0.2) is 0 Å². The Kier molecular flexibility index (Phi) is 52.4. The summed E-state index contributed by atoms with van der Waals surface area (Å²) in [5, 5.41) is 0. The standard InChI is InChI=1S/C59H104O5/c1-4-7-10-13-16-19-22-25-28-30-32-34-37-40-43-46-49-52-58(60)63-56-57(55-62-54-51-48-45-42-39-36-33-29-26-23-20-17-14-11-8-5-2)64-59(61)53-50-47-44-41-38-35-31-27-24-21-18-15-12-9-6-3/h7,9-10,12,16,18-19,21,25,27-28,31,57H,4-6,8,11,13-15,17,20,22-24,26,29-30,32-56H2,1-3H3/b10-7-,12-9-,19-16-,21-18-,28-25-,31-27-. The molecule has 0 bridgehead atoms. The first-order chi connectivity index (χ1) is 31.6. The minimum Gasteiger partial charge on any atom is -0.462 e. The molecule has 370 valence electrons. The van der Waals surface area contributed by atoms with E-state index in [1.807, 2.05) is 0 Å². The van der Waals surface area contributed by atoms with Gasteiger partial charge in [0.1, 0.15) is 6.61 Å². The van der Waals surface area contributed by atoms with Crippen molar-refractivity contribution in [2.24, 2.45) is 0 Å². The lowest BCUT2D eigenvalue weighted by Crippen LogP contribution is -2.30. The molecule has 0 aliphatic heterocycles. The van der Waals surface area contributed by atoms with Gasteiger partial charge in [0.25, 0.3) is 0 Å². The third kappa shape index (κ3) is 52.0. The van der Waals surface area contributed by atoms with Crippen LogP contribution in [-0.2, 0) is 23.8 Å². The van der Waals surface area contributed by atoms with Gasteiger partial charge in [-0.05, 0) is 83.5 Å². The SMILES string of the molecule is CC/C=C\C/C=C\C/C=C\CCCCCCCCCC(=O)OCC(COCCCCCCCCCCCCCCCCCC)OC(=O)CCCCCCC/C=C\C/C=C\C/C=C\CC. The first-order valence-electron chi connectivity index (χ1n) is 27.5. The second kappa shape index (κ2) is 54.7. The maximum atomic E-state index is 12.8. The summed E-state index contributed by atoms with van der Waals surface area (Å²) in [5.41, 5.74) is 0. The van der Waals surface area contributed by atoms with Gasteiger partial charge in [0.05, 0.1) is 6.61 Å². The fourth-order valence-electron chi connectivity index (χ4n) is 7.72. The normalized spacial score (nSPS) is 12.7. The summed E-state index contributed by atoms with van der Waals surface area (Å²) in [7, 11) is 0. The Balaban J connectivity index is 4.29. The highest BCUT2D eigenvalue weighted by atomic mass is 16.6. The van der Waals surface area contributed by atoms with Crippen LogP contribution in [0.3, 0.4) is 0 Å². The number of hydrogen-bond acceptors (Lipinski definition) is 5. The number of carbonyl (C=O) groups is 2. The fraction of sp³-hybridized carbons (Fsp3) is 0.763. The predicted octanol–water partition coefficient (Wildman–Crippen LogP) is 18.7. The van der Waals surface area contributed by atoms with Crippen molar-refractivity contribution in [3.8, 4) is 0 Å². The lowest BCUT2D eigenvalue weighted by atomic mass is 10.0. The van der Waals surface area contributed by atoms with Gasteiger partial charge in [0, 0.05) is 19.4 Å². The molecule has 1 unspecified atom stereocenters. The molecule has 0 saturated carbocycles. The lowest BCUT2D eigenvalue weighted by Gasteiger charge is -2.18. The molecule has 0 spiro atoms. The molecule has 0 rings (SSSR count). The number of allylic oxidation sites excluding steroid dienone is 12. The number of esters is 2. The molecule has 0 aliphatic rings. The van der Waals surface area contributed by atoms with Gasteiger partial charge in [0.2, 0.25) is 0 Å². The van der Waals surface area contributed by atoms with Gasteiger partial charge in [-0.3, -0.25) is 9.59 Å². The van der Waals surface area contributed by atoms with E-state index in [-0.39, 0.29) is 25.2 Å². The zero-order valence-electron chi connectivity index (χ0n) is 42.5. The predicted molar refractivity (Wildman–Crippen MR) is 279 cm³/mol. The highest BCUT2D eigenvalue weighted by Crippen LogP contribution is 2.15. The quantitative estimate of drug-likeness (QED) is 0.0346. The Morgan fingerprint density at radius 3 is 1.12 bits per heavy atom. The summed E-state index contributed by atoms with van der Waals surface area (Å²) >= 11 is 0. The molecule has 5 nitrogen and oxygen atoms in total. The Hall–Kier alpha value is -2.66. The van der Waals surface area contributed by atoms with Crippen molar-refractivity contribution < 1.29 is 23.8 Å². The Bertz CT molecular complexity index is 1150. The first kappa shape index (κ1) is 61.3. The van der Waals surface area contributed by atoms with Crippen molar-refractivity contribution in [3.63, 3.8) is 0 Å². The van der Waals surface area contributed by atoms with Gasteiger partial charge in [-0.2, -0.15) is 0 Å². The van der Waals surface area contributed by atoms with E-state index in [1.54, 1.807) is 0 Å². The monoisotopic (exact) mass is 893 g/mol. The zero-order chi connectivity index (χ0) is 46.3. The first-order valence-corrected chi connectivity index (χ1v) is 27.5. The van der Waals surface area contributed by atoms with Gasteiger partial charge < -0.3 is 14.2 Å². The molecular weight excluding hydrogens is 789 g/mol. The maximum Gasteiger partial charge on any atom is 0.306 e. The number of hydrogen-bond donors (Lipinski definition) is 0. The molecule has 0 fully saturated rings. The second-order valence-corrected chi connectivity index (χ2v) is 18.1. The molecule has 0 aliphatic carbocycles. The van der Waals surface area contributed by atoms with E-state index < -0.39 is 6.10 Å². The van der Waals surface area contributed by atoms with Crippen LogP contribution < -0.4 is 0 Å². The Morgan fingerprint density at radius 1 is 0.359 bits per heavy atom. The van der Waals surface area contributed by atoms with Crippen LogP contribution in [0.2, 0.25) is 0 Å². The molecular formula is C59H104O5. The highest BCUT2D eigenvalue weighted by Gasteiger charge is 2.17. The molecule has 64 heavy (non-hydrogen) atoms. The van der Waals surface area contributed by atoms with Crippen LogP contribution >= 0.6 is 0 Å². The van der Waals surface area contributed by atoms with E-state index >= 15 is 0 Å². The highest BCUT2D eigenvalue weighted by molar-refractivity contribution is 5.70. The van der Waals surface area contributed by atoms with Gasteiger partial charge in [-0.1, -0.05) is 241 Å². The summed E-state index contributed by atoms with van der Waals surface area (Å²) in [6, 6.07) is 0. The van der Waals surface area contributed by atoms with E-state index in [1.165, 1.54) is 128 Å². The van der Waals surface area contributed by atoms with Crippen LogP contribution in [0.25, 0.3) is 0 Å². The fourth-order valence-corrected chi connectivity index (χ4v) is 7.72. The number of rotatable bonds is 50. The van der Waals surface area contributed by atoms with Crippen LogP contribution in [0.5, 0.6) is 0 Å². The summed E-state index contributed by atoms with van der Waals surface area (Å²) < 4.78 is 17.4. The molecule has 1 atom stereocenters. The topological polar surface area (TPSA) is 61.8 Å². The van der Waals surface area contributed by atoms with Crippen molar-refractivity contribution in [1.82, 2.24) is 0 Å². The second-order valence-electron chi connectivity index (χ2n) is 18.1. The van der Waals surface area contributed by atoms with Crippen LogP contribution in [-0.4, -0.2) is 37.9 Å². The van der Waals surface area contributed by atoms with Crippen molar-refractivity contribution in [1.29, 1.82) is 0 Å². The van der Waals surface area contributed by atoms with Gasteiger partial charge >= 0.3 is 11.9 Å². The third-order valence-electron chi connectivity index (χ3n) is 11.7. The number of ether oxygens (including phenoxy) is 3. The van der Waals surface area contributed by atoms with E-state index in [4.69, 9.17) is 14.2 Å². The van der Waals surface area contributed by atoms with Crippen molar-refractivity contribution in [3.05, 3.63) is 72.9 Å². The van der Waals surface area contributed by atoms with E-state index in [0.717, 1.165) is 103 Å².